The summed E-state index contributed by atoms with van der Waals surface area (Å²) in [5, 5.41) is 5.48. The molecule has 4 aromatic rings. The minimum absolute atomic E-state index is 0.377. The lowest BCUT2D eigenvalue weighted by Crippen LogP contribution is -2.28. The topological polar surface area (TPSA) is 65.3 Å². The highest BCUT2D eigenvalue weighted by atomic mass is 16.6. The molecule has 33 heavy (non-hydrogen) atoms. The molecule has 0 unspecified atom stereocenters. The van der Waals surface area contributed by atoms with Gasteiger partial charge in [-0.15, -0.1) is 0 Å². The summed E-state index contributed by atoms with van der Waals surface area (Å²) in [4.78, 5) is 26.3. The van der Waals surface area contributed by atoms with Crippen LogP contribution in [0, 0.1) is 11.8 Å². The van der Waals surface area contributed by atoms with Crippen molar-refractivity contribution in [3.63, 3.8) is 0 Å². The molecule has 3 aliphatic heterocycles. The van der Waals surface area contributed by atoms with Crippen molar-refractivity contribution in [2.75, 3.05) is 13.1 Å². The molecule has 1 saturated heterocycles. The van der Waals surface area contributed by atoms with E-state index in [2.05, 4.69) is 22.0 Å². The van der Waals surface area contributed by atoms with Crippen LogP contribution in [0.2, 0.25) is 0 Å². The van der Waals surface area contributed by atoms with Gasteiger partial charge in [-0.3, -0.25) is 0 Å². The van der Waals surface area contributed by atoms with E-state index >= 15 is 0 Å². The molecule has 0 aliphatic carbocycles. The zero-order chi connectivity index (χ0) is 22.3. The largest absolute Gasteiger partial charge is 0.386 e. The van der Waals surface area contributed by atoms with Gasteiger partial charge in [0.05, 0.1) is 11.1 Å². The number of para-hydroxylation sites is 2. The third kappa shape index (κ3) is 2.52. The first-order chi connectivity index (χ1) is 16.1. The highest BCUT2D eigenvalue weighted by Crippen LogP contribution is 2.45. The Balaban J connectivity index is 1.56. The number of cyclic esters (lactones) is 2. The fourth-order valence-electron chi connectivity index (χ4n) is 6.18. The van der Waals surface area contributed by atoms with Crippen LogP contribution in [0.1, 0.15) is 16.8 Å². The van der Waals surface area contributed by atoms with Crippen molar-refractivity contribution in [3.05, 3.63) is 71.5 Å². The predicted octanol–water partition coefficient (Wildman–Crippen LogP) is 3.52. The molecule has 5 heterocycles. The molecule has 2 atom stereocenters. The number of hydrogen-bond donors (Lipinski definition) is 1. The first-order valence-corrected chi connectivity index (χ1v) is 11.5. The molecule has 0 spiro atoms. The Morgan fingerprint density at radius 2 is 1.58 bits per heavy atom. The van der Waals surface area contributed by atoms with Crippen LogP contribution in [0.25, 0.3) is 33.0 Å². The van der Waals surface area contributed by atoms with Gasteiger partial charge in [0.1, 0.15) is 0 Å². The Bertz CT molecular complexity index is 1540. The second kappa shape index (κ2) is 6.68. The minimum atomic E-state index is -0.563. The standard InChI is InChI=1S/C27H23N3O3/c1-29-14-19(17-6-2-4-8-20(17)29)24-25(27(32)33-26(24)31)23-18-7-3-5-9-21(18)30-13-16-12-28-11-15(16)10-22(23)30/h2-9,14-16,28H,10-13H2,1H3/t15-,16+/m0/s1. The molecule has 6 nitrogen and oxygen atoms in total. The van der Waals surface area contributed by atoms with Gasteiger partial charge >= 0.3 is 11.9 Å². The number of carbonyl (C=O) groups excluding carboxylic acids is 2. The average Bonchev–Trinajstić information content (AvgIpc) is 3.56. The Morgan fingerprint density at radius 1 is 0.879 bits per heavy atom. The maximum Gasteiger partial charge on any atom is 0.347 e. The van der Waals surface area contributed by atoms with Gasteiger partial charge in [-0.1, -0.05) is 36.4 Å². The van der Waals surface area contributed by atoms with E-state index in [1.54, 1.807) is 0 Å². The first-order valence-electron chi connectivity index (χ1n) is 11.5. The number of benzene rings is 2. The van der Waals surface area contributed by atoms with Crippen LogP contribution >= 0.6 is 0 Å². The van der Waals surface area contributed by atoms with E-state index in [9.17, 15) is 9.59 Å². The van der Waals surface area contributed by atoms with E-state index in [0.29, 0.717) is 23.0 Å². The van der Waals surface area contributed by atoms with E-state index in [1.807, 2.05) is 54.2 Å². The molecule has 0 saturated carbocycles. The summed E-state index contributed by atoms with van der Waals surface area (Å²) in [6.45, 7) is 2.94. The van der Waals surface area contributed by atoms with Gasteiger partial charge in [-0.2, -0.15) is 0 Å². The third-order valence-corrected chi connectivity index (χ3v) is 7.69. The normalized spacial score (nSPS) is 22.3. The second-order valence-corrected chi connectivity index (χ2v) is 9.43. The summed E-state index contributed by atoms with van der Waals surface area (Å²) in [6.07, 6.45) is 2.82. The number of fused-ring (bicyclic) bond motifs is 5. The van der Waals surface area contributed by atoms with Crippen LogP contribution in [0.4, 0.5) is 0 Å². The lowest BCUT2D eigenvalue weighted by Gasteiger charge is -2.28. The van der Waals surface area contributed by atoms with Gasteiger partial charge in [-0.25, -0.2) is 9.59 Å². The van der Waals surface area contributed by atoms with E-state index < -0.39 is 11.9 Å². The number of rotatable bonds is 2. The lowest BCUT2D eigenvalue weighted by atomic mass is 9.85. The van der Waals surface area contributed by atoms with Crippen molar-refractivity contribution in [3.8, 4) is 0 Å². The SMILES string of the molecule is Cn1cc(C2=C(c3c4n(c5ccccc35)C[C@H]3CNC[C@@H]3C4)C(=O)OC2=O)c2ccccc21. The number of nitrogens with one attached hydrogen (secondary N) is 1. The van der Waals surface area contributed by atoms with Crippen LogP contribution in [-0.2, 0) is 34.3 Å². The molecule has 0 bridgehead atoms. The molecule has 3 aliphatic rings. The van der Waals surface area contributed by atoms with Gasteiger partial charge in [0.25, 0.3) is 0 Å². The van der Waals surface area contributed by atoms with Gasteiger partial charge < -0.3 is 19.2 Å². The van der Waals surface area contributed by atoms with Gasteiger partial charge in [0, 0.05) is 58.4 Å². The van der Waals surface area contributed by atoms with Crippen LogP contribution in [0.15, 0.2) is 54.7 Å². The summed E-state index contributed by atoms with van der Waals surface area (Å²) in [5.74, 6) is 0.0143. The van der Waals surface area contributed by atoms with Crippen LogP contribution < -0.4 is 5.32 Å². The van der Waals surface area contributed by atoms with E-state index in [-0.39, 0.29) is 0 Å². The molecular weight excluding hydrogens is 414 g/mol. The molecular formula is C27H23N3O3. The van der Waals surface area contributed by atoms with Crippen LogP contribution in [-0.4, -0.2) is 34.2 Å². The number of carbonyl (C=O) groups is 2. The van der Waals surface area contributed by atoms with Crippen molar-refractivity contribution < 1.29 is 14.3 Å². The summed E-state index contributed by atoms with van der Waals surface area (Å²) < 4.78 is 9.62. The number of aryl methyl sites for hydroxylation is 1. The fourth-order valence-corrected chi connectivity index (χ4v) is 6.18. The smallest absolute Gasteiger partial charge is 0.347 e. The number of aromatic nitrogens is 2. The van der Waals surface area contributed by atoms with Gasteiger partial charge in [0.2, 0.25) is 0 Å². The molecule has 0 amide bonds. The van der Waals surface area contributed by atoms with E-state index in [0.717, 1.165) is 64.7 Å². The maximum absolute atomic E-state index is 13.2. The molecule has 6 heteroatoms. The van der Waals surface area contributed by atoms with Crippen molar-refractivity contribution in [2.45, 2.75) is 13.0 Å². The van der Waals surface area contributed by atoms with Crippen molar-refractivity contribution in [1.29, 1.82) is 0 Å². The molecule has 0 radical (unpaired) electrons. The molecule has 1 fully saturated rings. The van der Waals surface area contributed by atoms with Gasteiger partial charge in [-0.05, 0) is 43.5 Å². The molecule has 7 rings (SSSR count). The highest BCUT2D eigenvalue weighted by Gasteiger charge is 2.42. The van der Waals surface area contributed by atoms with Crippen molar-refractivity contribution in [2.24, 2.45) is 18.9 Å². The first kappa shape index (κ1) is 18.9. The van der Waals surface area contributed by atoms with Crippen molar-refractivity contribution >= 4 is 44.9 Å². The van der Waals surface area contributed by atoms with Crippen LogP contribution in [0.3, 0.4) is 0 Å². The summed E-state index contributed by atoms with van der Waals surface area (Å²) in [7, 11) is 1.96. The molecule has 1 N–H and O–H groups in total. The van der Waals surface area contributed by atoms with E-state index in [1.165, 1.54) is 0 Å². The quantitative estimate of drug-likeness (QED) is 0.385. The number of ether oxygens (including phenoxy) is 1. The summed E-state index contributed by atoms with van der Waals surface area (Å²) in [5.41, 5.74) is 5.67. The maximum atomic E-state index is 13.2. The Kier molecular flexibility index (Phi) is 3.82. The summed E-state index contributed by atoms with van der Waals surface area (Å²) in [6, 6.07) is 16.2. The Morgan fingerprint density at radius 3 is 2.42 bits per heavy atom. The Hall–Kier alpha value is -3.64. The minimum Gasteiger partial charge on any atom is -0.386 e. The van der Waals surface area contributed by atoms with Crippen LogP contribution in [0.5, 0.6) is 0 Å². The zero-order valence-electron chi connectivity index (χ0n) is 18.3. The Labute approximate surface area is 190 Å². The number of hydrogen-bond acceptors (Lipinski definition) is 4. The fraction of sp³-hybridized carbons (Fsp3) is 0.259. The number of esters is 2. The molecule has 164 valence electrons. The molecule has 2 aromatic carbocycles. The van der Waals surface area contributed by atoms with Gasteiger partial charge in [0.15, 0.2) is 0 Å². The monoisotopic (exact) mass is 437 g/mol. The molecule has 2 aromatic heterocycles. The second-order valence-electron chi connectivity index (χ2n) is 9.43. The highest BCUT2D eigenvalue weighted by molar-refractivity contribution is 6.47. The van der Waals surface area contributed by atoms with Crippen molar-refractivity contribution in [1.82, 2.24) is 14.5 Å². The van der Waals surface area contributed by atoms with E-state index in [4.69, 9.17) is 4.74 Å². The third-order valence-electron chi connectivity index (χ3n) is 7.69. The number of nitrogens with zero attached hydrogens (tertiary/aromatic N) is 2. The lowest BCUT2D eigenvalue weighted by molar-refractivity contribution is -0.149. The zero-order valence-corrected chi connectivity index (χ0v) is 18.3. The average molecular weight is 437 g/mol. The summed E-state index contributed by atoms with van der Waals surface area (Å²) >= 11 is 0. The predicted molar refractivity (Wildman–Crippen MR) is 126 cm³/mol.